The lowest BCUT2D eigenvalue weighted by Crippen LogP contribution is -2.01. The smallest absolute Gasteiger partial charge is 0.0336 e. The molecule has 0 radical (unpaired) electrons. The maximum atomic E-state index is 6.27. The Morgan fingerprint density at radius 3 is 1.82 bits per heavy atom. The van der Waals surface area contributed by atoms with Gasteiger partial charge in [-0.05, 0) is 25.7 Å². The Kier molecular flexibility index (Phi) is 13.8. The van der Waals surface area contributed by atoms with E-state index in [1.54, 1.807) is 0 Å². The minimum absolute atomic E-state index is 0.420. The molecular formula is C15H30BrCl. The first-order valence-electron chi connectivity index (χ1n) is 7.48. The van der Waals surface area contributed by atoms with Crippen LogP contribution in [0.4, 0.5) is 0 Å². The average molecular weight is 326 g/mol. The van der Waals surface area contributed by atoms with Crippen LogP contribution in [-0.4, -0.2) is 10.2 Å². The van der Waals surface area contributed by atoms with Crippen molar-refractivity contribution in [2.24, 2.45) is 0 Å². The van der Waals surface area contributed by atoms with Crippen molar-refractivity contribution in [3.05, 3.63) is 0 Å². The van der Waals surface area contributed by atoms with Crippen LogP contribution in [0.15, 0.2) is 0 Å². The topological polar surface area (TPSA) is 0 Å². The van der Waals surface area contributed by atoms with Crippen molar-refractivity contribution in [3.63, 3.8) is 0 Å². The fourth-order valence-electron chi connectivity index (χ4n) is 2.06. The second-order valence-corrected chi connectivity index (χ2v) is 7.03. The Hall–Kier alpha value is 0.770. The molecule has 104 valence electrons. The summed E-state index contributed by atoms with van der Waals surface area (Å²) in [7, 11) is 0. The fraction of sp³-hybridized carbons (Fsp3) is 1.00. The molecule has 0 aromatic carbocycles. The molecule has 2 unspecified atom stereocenters. The van der Waals surface area contributed by atoms with E-state index in [1.807, 2.05) is 0 Å². The van der Waals surface area contributed by atoms with E-state index in [1.165, 1.54) is 70.6 Å². The minimum Gasteiger partial charge on any atom is -0.123 e. The van der Waals surface area contributed by atoms with Crippen LogP contribution in [0, 0.1) is 0 Å². The summed E-state index contributed by atoms with van der Waals surface area (Å²) in [6, 6.07) is 0. The average Bonchev–Trinajstić information content (AvgIpc) is 2.32. The Balaban J connectivity index is 3.25. The molecule has 0 aromatic heterocycles. The molecule has 0 nitrogen and oxygen atoms in total. The van der Waals surface area contributed by atoms with E-state index in [0.29, 0.717) is 5.38 Å². The highest BCUT2D eigenvalue weighted by molar-refractivity contribution is 9.09. The summed E-state index contributed by atoms with van der Waals surface area (Å²) < 4.78 is 0. The minimum atomic E-state index is 0.420. The molecule has 0 aliphatic rings. The van der Waals surface area contributed by atoms with Crippen molar-refractivity contribution in [2.75, 3.05) is 0 Å². The van der Waals surface area contributed by atoms with Crippen molar-refractivity contribution in [1.82, 2.24) is 0 Å². The Bertz CT molecular complexity index is 150. The van der Waals surface area contributed by atoms with Crippen molar-refractivity contribution >= 4 is 27.5 Å². The van der Waals surface area contributed by atoms with Gasteiger partial charge in [-0.3, -0.25) is 0 Å². The molecule has 0 bridgehead atoms. The van der Waals surface area contributed by atoms with Crippen molar-refractivity contribution in [3.8, 4) is 0 Å². The summed E-state index contributed by atoms with van der Waals surface area (Å²) in [5.74, 6) is 0. The predicted molar refractivity (Wildman–Crippen MR) is 84.5 cm³/mol. The number of hydrogen-bond acceptors (Lipinski definition) is 0. The summed E-state index contributed by atoms with van der Waals surface area (Å²) in [4.78, 5) is 0.735. The molecule has 17 heavy (non-hydrogen) atoms. The van der Waals surface area contributed by atoms with Gasteiger partial charge < -0.3 is 0 Å². The van der Waals surface area contributed by atoms with Gasteiger partial charge in [-0.2, -0.15) is 0 Å². The van der Waals surface area contributed by atoms with Gasteiger partial charge in [0.1, 0.15) is 0 Å². The molecule has 0 aliphatic heterocycles. The molecule has 0 fully saturated rings. The predicted octanol–water partition coefficient (Wildman–Crippen LogP) is 6.69. The third-order valence-corrected chi connectivity index (χ3v) is 4.63. The molecule has 2 atom stereocenters. The van der Waals surface area contributed by atoms with E-state index in [2.05, 4.69) is 29.8 Å². The zero-order valence-electron chi connectivity index (χ0n) is 11.7. The first kappa shape index (κ1) is 17.8. The Labute approximate surface area is 122 Å². The number of hydrogen-bond donors (Lipinski definition) is 0. The van der Waals surface area contributed by atoms with Crippen LogP contribution in [0.3, 0.4) is 0 Å². The maximum absolute atomic E-state index is 6.27. The standard InChI is InChI=1S/C15H30BrCl/c1-3-5-7-10-14(16)11-8-9-13-15(17)12-6-4-2/h14-15H,3-13H2,1-2H3. The summed E-state index contributed by atoms with van der Waals surface area (Å²) in [6.45, 7) is 4.50. The highest BCUT2D eigenvalue weighted by Crippen LogP contribution is 2.20. The quantitative estimate of drug-likeness (QED) is 0.277. The fourth-order valence-corrected chi connectivity index (χ4v) is 3.02. The van der Waals surface area contributed by atoms with E-state index in [0.717, 1.165) is 4.83 Å². The first-order chi connectivity index (χ1) is 8.20. The molecule has 0 heterocycles. The summed E-state index contributed by atoms with van der Waals surface area (Å²) in [5, 5.41) is 0.420. The van der Waals surface area contributed by atoms with Crippen LogP contribution in [0.2, 0.25) is 0 Å². The normalized spacial score (nSPS) is 14.8. The number of alkyl halides is 2. The molecule has 0 spiro atoms. The highest BCUT2D eigenvalue weighted by Gasteiger charge is 2.06. The molecule has 0 amide bonds. The summed E-state index contributed by atoms with van der Waals surface area (Å²) in [6.07, 6.45) is 14.3. The van der Waals surface area contributed by atoms with E-state index in [9.17, 15) is 0 Å². The second kappa shape index (κ2) is 13.2. The monoisotopic (exact) mass is 324 g/mol. The molecule has 0 N–H and O–H groups in total. The molecule has 0 aliphatic carbocycles. The van der Waals surface area contributed by atoms with Gasteiger partial charge in [0.25, 0.3) is 0 Å². The molecule has 0 aromatic rings. The first-order valence-corrected chi connectivity index (χ1v) is 8.84. The lowest BCUT2D eigenvalue weighted by Gasteiger charge is -2.11. The maximum Gasteiger partial charge on any atom is 0.0336 e. The highest BCUT2D eigenvalue weighted by atomic mass is 79.9. The molecule has 2 heteroatoms. The van der Waals surface area contributed by atoms with Crippen LogP contribution in [-0.2, 0) is 0 Å². The largest absolute Gasteiger partial charge is 0.123 e. The van der Waals surface area contributed by atoms with Crippen LogP contribution >= 0.6 is 27.5 Å². The zero-order chi connectivity index (χ0) is 12.9. The van der Waals surface area contributed by atoms with Crippen molar-refractivity contribution < 1.29 is 0 Å². The van der Waals surface area contributed by atoms with Gasteiger partial charge in [0.15, 0.2) is 0 Å². The number of unbranched alkanes of at least 4 members (excludes halogenated alkanes) is 4. The van der Waals surface area contributed by atoms with E-state index in [4.69, 9.17) is 11.6 Å². The van der Waals surface area contributed by atoms with Gasteiger partial charge in [-0.1, -0.05) is 74.7 Å². The SMILES string of the molecule is CCCCCC(Br)CCCCC(Cl)CCCC. The summed E-state index contributed by atoms with van der Waals surface area (Å²) >= 11 is 10.0. The third-order valence-electron chi connectivity index (χ3n) is 3.28. The van der Waals surface area contributed by atoms with Crippen LogP contribution in [0.25, 0.3) is 0 Å². The Morgan fingerprint density at radius 1 is 0.765 bits per heavy atom. The number of rotatable bonds is 12. The van der Waals surface area contributed by atoms with E-state index >= 15 is 0 Å². The van der Waals surface area contributed by atoms with E-state index < -0.39 is 0 Å². The third kappa shape index (κ3) is 13.0. The molecular weight excluding hydrogens is 296 g/mol. The lowest BCUT2D eigenvalue weighted by molar-refractivity contribution is 0.557. The molecule has 0 saturated carbocycles. The summed E-state index contributed by atoms with van der Waals surface area (Å²) in [5.41, 5.74) is 0. The zero-order valence-corrected chi connectivity index (χ0v) is 14.0. The second-order valence-electron chi connectivity index (χ2n) is 5.12. The molecule has 0 rings (SSSR count). The van der Waals surface area contributed by atoms with Gasteiger partial charge >= 0.3 is 0 Å². The van der Waals surface area contributed by atoms with Crippen LogP contribution < -0.4 is 0 Å². The van der Waals surface area contributed by atoms with Gasteiger partial charge in [0.2, 0.25) is 0 Å². The van der Waals surface area contributed by atoms with E-state index in [-0.39, 0.29) is 0 Å². The van der Waals surface area contributed by atoms with Crippen LogP contribution in [0.1, 0.15) is 84.5 Å². The number of halogens is 2. The van der Waals surface area contributed by atoms with Crippen LogP contribution in [0.5, 0.6) is 0 Å². The molecule has 0 saturated heterocycles. The Morgan fingerprint density at radius 2 is 1.24 bits per heavy atom. The van der Waals surface area contributed by atoms with Crippen molar-refractivity contribution in [1.29, 1.82) is 0 Å². The van der Waals surface area contributed by atoms with Gasteiger partial charge in [-0.15, -0.1) is 11.6 Å². The lowest BCUT2D eigenvalue weighted by atomic mass is 10.0. The van der Waals surface area contributed by atoms with Gasteiger partial charge in [0, 0.05) is 10.2 Å². The van der Waals surface area contributed by atoms with Crippen molar-refractivity contribution in [2.45, 2.75) is 94.7 Å². The van der Waals surface area contributed by atoms with Gasteiger partial charge in [0.05, 0.1) is 0 Å². The van der Waals surface area contributed by atoms with Gasteiger partial charge in [-0.25, -0.2) is 0 Å².